The van der Waals surface area contributed by atoms with Crippen LogP contribution in [0.4, 0.5) is 0 Å². The Morgan fingerprint density at radius 1 is 1.38 bits per heavy atom. The third-order valence-electron chi connectivity index (χ3n) is 2.65. The second kappa shape index (κ2) is 3.30. The maximum absolute atomic E-state index is 11.5. The van der Waals surface area contributed by atoms with Crippen LogP contribution in [-0.4, -0.2) is 12.3 Å². The molecule has 0 spiro atoms. The van der Waals surface area contributed by atoms with Gasteiger partial charge < -0.3 is 5.73 Å². The first-order valence-electron chi connectivity index (χ1n) is 4.65. The minimum absolute atomic E-state index is 0.272. The first-order valence-corrected chi connectivity index (χ1v) is 4.65. The van der Waals surface area contributed by atoms with Crippen molar-refractivity contribution < 1.29 is 4.79 Å². The summed E-state index contributed by atoms with van der Waals surface area (Å²) < 4.78 is 0. The van der Waals surface area contributed by atoms with E-state index in [1.165, 1.54) is 5.56 Å². The standard InChI is InChI=1S/C11H13NO/c12-6-5-8-7-11(13)10-4-2-1-3-9(8)10/h1-4,8H,5-7,12H2/t8-/m1/s1. The number of benzene rings is 1. The topological polar surface area (TPSA) is 43.1 Å². The largest absolute Gasteiger partial charge is 0.330 e. The molecule has 2 nitrogen and oxygen atoms in total. The molecule has 1 aromatic carbocycles. The lowest BCUT2D eigenvalue weighted by atomic mass is 9.98. The molecule has 1 aromatic rings. The zero-order chi connectivity index (χ0) is 9.26. The van der Waals surface area contributed by atoms with Gasteiger partial charge in [-0.3, -0.25) is 4.79 Å². The predicted octanol–water partition coefficient (Wildman–Crippen LogP) is 1.71. The maximum atomic E-state index is 11.5. The highest BCUT2D eigenvalue weighted by Gasteiger charge is 2.27. The summed E-state index contributed by atoms with van der Waals surface area (Å²) in [6.07, 6.45) is 1.57. The Bertz CT molecular complexity index is 333. The molecule has 13 heavy (non-hydrogen) atoms. The van der Waals surface area contributed by atoms with Crippen LogP contribution in [0.25, 0.3) is 0 Å². The van der Waals surface area contributed by atoms with Crippen molar-refractivity contribution in [2.24, 2.45) is 5.73 Å². The molecule has 0 bridgehead atoms. The van der Waals surface area contributed by atoms with Gasteiger partial charge in [0, 0.05) is 12.0 Å². The quantitative estimate of drug-likeness (QED) is 0.743. The van der Waals surface area contributed by atoms with E-state index in [4.69, 9.17) is 5.73 Å². The number of fused-ring (bicyclic) bond motifs is 1. The van der Waals surface area contributed by atoms with Gasteiger partial charge in [-0.25, -0.2) is 0 Å². The van der Waals surface area contributed by atoms with Crippen LogP contribution in [0.5, 0.6) is 0 Å². The van der Waals surface area contributed by atoms with E-state index in [9.17, 15) is 4.79 Å². The molecule has 0 unspecified atom stereocenters. The van der Waals surface area contributed by atoms with E-state index >= 15 is 0 Å². The van der Waals surface area contributed by atoms with Crippen LogP contribution >= 0.6 is 0 Å². The van der Waals surface area contributed by atoms with Gasteiger partial charge in [0.2, 0.25) is 0 Å². The van der Waals surface area contributed by atoms with Gasteiger partial charge >= 0.3 is 0 Å². The third-order valence-corrected chi connectivity index (χ3v) is 2.65. The monoisotopic (exact) mass is 175 g/mol. The number of ketones is 1. The number of carbonyl (C=O) groups is 1. The normalized spacial score (nSPS) is 20.4. The Balaban J connectivity index is 2.36. The van der Waals surface area contributed by atoms with Crippen molar-refractivity contribution in [3.63, 3.8) is 0 Å². The first kappa shape index (κ1) is 8.45. The molecule has 0 saturated carbocycles. The van der Waals surface area contributed by atoms with E-state index in [1.54, 1.807) is 0 Å². The molecule has 0 saturated heterocycles. The Hall–Kier alpha value is -1.15. The van der Waals surface area contributed by atoms with Gasteiger partial charge in [0.05, 0.1) is 0 Å². The Morgan fingerprint density at radius 3 is 2.92 bits per heavy atom. The molecule has 2 rings (SSSR count). The van der Waals surface area contributed by atoms with E-state index in [-0.39, 0.29) is 5.78 Å². The van der Waals surface area contributed by atoms with Gasteiger partial charge in [-0.2, -0.15) is 0 Å². The molecule has 0 radical (unpaired) electrons. The minimum atomic E-state index is 0.272. The highest BCUT2D eigenvalue weighted by Crippen LogP contribution is 2.34. The van der Waals surface area contributed by atoms with Crippen molar-refractivity contribution in [2.45, 2.75) is 18.8 Å². The van der Waals surface area contributed by atoms with Crippen molar-refractivity contribution in [3.8, 4) is 0 Å². The van der Waals surface area contributed by atoms with Gasteiger partial charge in [-0.15, -0.1) is 0 Å². The summed E-state index contributed by atoms with van der Waals surface area (Å²) in [6, 6.07) is 7.86. The van der Waals surface area contributed by atoms with Gasteiger partial charge in [-0.05, 0) is 24.4 Å². The summed E-state index contributed by atoms with van der Waals surface area (Å²) >= 11 is 0. The van der Waals surface area contributed by atoms with Gasteiger partial charge in [0.25, 0.3) is 0 Å². The van der Waals surface area contributed by atoms with Crippen LogP contribution < -0.4 is 5.73 Å². The molecule has 68 valence electrons. The summed E-state index contributed by atoms with van der Waals surface area (Å²) in [5.74, 6) is 0.641. The zero-order valence-electron chi connectivity index (χ0n) is 7.49. The summed E-state index contributed by atoms with van der Waals surface area (Å²) in [6.45, 7) is 0.659. The second-order valence-electron chi connectivity index (χ2n) is 3.49. The van der Waals surface area contributed by atoms with E-state index in [0.717, 1.165) is 12.0 Å². The highest BCUT2D eigenvalue weighted by atomic mass is 16.1. The molecule has 0 amide bonds. The third kappa shape index (κ3) is 1.38. The van der Waals surface area contributed by atoms with E-state index in [1.807, 2.05) is 24.3 Å². The number of rotatable bonds is 2. The van der Waals surface area contributed by atoms with Crippen LogP contribution in [0.15, 0.2) is 24.3 Å². The van der Waals surface area contributed by atoms with E-state index < -0.39 is 0 Å². The lowest BCUT2D eigenvalue weighted by Gasteiger charge is -2.07. The van der Waals surface area contributed by atoms with Gasteiger partial charge in [-0.1, -0.05) is 24.3 Å². The zero-order valence-corrected chi connectivity index (χ0v) is 7.49. The first-order chi connectivity index (χ1) is 6.33. The Morgan fingerprint density at radius 2 is 2.15 bits per heavy atom. The molecule has 1 aliphatic rings. The average Bonchev–Trinajstić information content (AvgIpc) is 2.46. The maximum Gasteiger partial charge on any atom is 0.163 e. The van der Waals surface area contributed by atoms with Gasteiger partial charge in [0.15, 0.2) is 5.78 Å². The molecule has 2 N–H and O–H groups in total. The number of Topliss-reactive ketones (excluding diaryl/α,β-unsaturated/α-hetero) is 1. The predicted molar refractivity (Wildman–Crippen MR) is 51.8 cm³/mol. The molecule has 0 fully saturated rings. The van der Waals surface area contributed by atoms with Crippen molar-refractivity contribution in [1.29, 1.82) is 0 Å². The Labute approximate surface area is 77.8 Å². The molecule has 0 heterocycles. The molecular weight excluding hydrogens is 162 g/mol. The number of nitrogens with two attached hydrogens (primary N) is 1. The molecule has 0 aliphatic heterocycles. The SMILES string of the molecule is NCC[C@@H]1CC(=O)c2ccccc21. The van der Waals surface area contributed by atoms with Crippen molar-refractivity contribution in [2.75, 3.05) is 6.54 Å². The fourth-order valence-electron chi connectivity index (χ4n) is 2.01. The summed E-state index contributed by atoms with van der Waals surface area (Å²) in [4.78, 5) is 11.5. The molecule has 1 aliphatic carbocycles. The van der Waals surface area contributed by atoms with Crippen molar-refractivity contribution in [1.82, 2.24) is 0 Å². The minimum Gasteiger partial charge on any atom is -0.330 e. The lowest BCUT2D eigenvalue weighted by Crippen LogP contribution is -2.04. The lowest BCUT2D eigenvalue weighted by molar-refractivity contribution is 0.0988. The van der Waals surface area contributed by atoms with Crippen molar-refractivity contribution in [3.05, 3.63) is 35.4 Å². The summed E-state index contributed by atoms with van der Waals surface area (Å²) in [5, 5.41) is 0. The molecular formula is C11H13NO. The number of hydrogen-bond donors (Lipinski definition) is 1. The summed E-state index contributed by atoms with van der Waals surface area (Å²) in [7, 11) is 0. The summed E-state index contributed by atoms with van der Waals surface area (Å²) in [5.41, 5.74) is 7.60. The molecule has 1 atom stereocenters. The Kier molecular flexibility index (Phi) is 2.15. The molecule has 2 heteroatoms. The van der Waals surface area contributed by atoms with Crippen LogP contribution in [0, 0.1) is 0 Å². The smallest absolute Gasteiger partial charge is 0.163 e. The van der Waals surface area contributed by atoms with Crippen LogP contribution in [-0.2, 0) is 0 Å². The fraction of sp³-hybridized carbons (Fsp3) is 0.364. The van der Waals surface area contributed by atoms with Crippen LogP contribution in [0.3, 0.4) is 0 Å². The molecule has 0 aromatic heterocycles. The van der Waals surface area contributed by atoms with Crippen LogP contribution in [0.1, 0.15) is 34.7 Å². The van der Waals surface area contributed by atoms with Crippen molar-refractivity contribution >= 4 is 5.78 Å². The number of hydrogen-bond acceptors (Lipinski definition) is 2. The second-order valence-corrected chi connectivity index (χ2v) is 3.49. The van der Waals surface area contributed by atoms with E-state index in [2.05, 4.69) is 0 Å². The van der Waals surface area contributed by atoms with E-state index in [0.29, 0.717) is 18.9 Å². The van der Waals surface area contributed by atoms with Crippen LogP contribution in [0.2, 0.25) is 0 Å². The van der Waals surface area contributed by atoms with Gasteiger partial charge in [0.1, 0.15) is 0 Å². The number of carbonyl (C=O) groups excluding carboxylic acids is 1. The highest BCUT2D eigenvalue weighted by molar-refractivity contribution is 6.01. The average molecular weight is 175 g/mol. The fourth-order valence-corrected chi connectivity index (χ4v) is 2.01.